The summed E-state index contributed by atoms with van der Waals surface area (Å²) in [5, 5.41) is 4.32. The molecule has 1 aromatic carbocycles. The van der Waals surface area contributed by atoms with Crippen LogP contribution in [0.25, 0.3) is 22.3 Å². The highest BCUT2D eigenvalue weighted by atomic mass is 16.5. The van der Waals surface area contributed by atoms with Gasteiger partial charge in [0.1, 0.15) is 17.3 Å². The van der Waals surface area contributed by atoms with Gasteiger partial charge in [0.05, 0.1) is 19.0 Å². The van der Waals surface area contributed by atoms with Crippen molar-refractivity contribution >= 4 is 22.6 Å². The molecule has 0 bridgehead atoms. The van der Waals surface area contributed by atoms with E-state index in [9.17, 15) is 4.79 Å². The third-order valence-corrected chi connectivity index (χ3v) is 4.66. The first-order valence-electron chi connectivity index (χ1n) is 8.82. The number of amides is 1. The van der Waals surface area contributed by atoms with Gasteiger partial charge in [0.2, 0.25) is 0 Å². The zero-order valence-electron chi connectivity index (χ0n) is 15.0. The van der Waals surface area contributed by atoms with Crippen LogP contribution in [0, 0.1) is 0 Å². The number of anilines is 1. The Bertz CT molecular complexity index is 979. The first kappa shape index (κ1) is 17.3. The van der Waals surface area contributed by atoms with Crippen molar-refractivity contribution in [3.05, 3.63) is 36.2 Å². The normalized spacial score (nSPS) is 15.0. The molecule has 4 rings (SSSR count). The number of hydrogen-bond donors (Lipinski definition) is 3. The molecule has 1 saturated heterocycles. The second kappa shape index (κ2) is 7.24. The molecule has 0 saturated carbocycles. The fourth-order valence-electron chi connectivity index (χ4n) is 3.24. The van der Waals surface area contributed by atoms with Crippen molar-refractivity contribution in [1.29, 1.82) is 0 Å². The number of methoxy groups -OCH3 is 1. The molecular weight excluding hydrogens is 346 g/mol. The number of primary amides is 1. The topological polar surface area (TPSA) is 115 Å². The van der Waals surface area contributed by atoms with E-state index < -0.39 is 5.91 Å². The first-order valence-corrected chi connectivity index (χ1v) is 8.82. The van der Waals surface area contributed by atoms with Crippen molar-refractivity contribution in [3.63, 3.8) is 0 Å². The van der Waals surface area contributed by atoms with Crippen LogP contribution < -0.4 is 15.8 Å². The molecule has 1 fully saturated rings. The third-order valence-electron chi connectivity index (χ3n) is 4.66. The Kier molecular flexibility index (Phi) is 4.64. The van der Waals surface area contributed by atoms with Crippen molar-refractivity contribution < 1.29 is 14.3 Å². The zero-order chi connectivity index (χ0) is 18.8. The van der Waals surface area contributed by atoms with Gasteiger partial charge in [-0.05, 0) is 37.1 Å². The van der Waals surface area contributed by atoms with Gasteiger partial charge < -0.3 is 25.5 Å². The first-order chi connectivity index (χ1) is 13.1. The quantitative estimate of drug-likeness (QED) is 0.637. The molecule has 0 unspecified atom stereocenters. The summed E-state index contributed by atoms with van der Waals surface area (Å²) in [4.78, 5) is 24.0. The summed E-state index contributed by atoms with van der Waals surface area (Å²) >= 11 is 0. The number of ether oxygens (including phenoxy) is 2. The summed E-state index contributed by atoms with van der Waals surface area (Å²) < 4.78 is 10.6. The largest absolute Gasteiger partial charge is 0.497 e. The third kappa shape index (κ3) is 3.56. The maximum atomic E-state index is 11.9. The average molecular weight is 367 g/mol. The second-order valence-corrected chi connectivity index (χ2v) is 6.48. The summed E-state index contributed by atoms with van der Waals surface area (Å²) in [6.45, 7) is 1.45. The number of rotatable bonds is 5. The SMILES string of the molecule is COc1ccc2[nH]c(-c3nc(NC4CCOCC4)cnc3C(N)=O)cc2c1. The van der Waals surface area contributed by atoms with Gasteiger partial charge in [0.15, 0.2) is 5.69 Å². The lowest BCUT2D eigenvalue weighted by Crippen LogP contribution is -2.28. The molecule has 0 atom stereocenters. The van der Waals surface area contributed by atoms with Crippen molar-refractivity contribution in [1.82, 2.24) is 15.0 Å². The number of carbonyl (C=O) groups is 1. The van der Waals surface area contributed by atoms with Gasteiger partial charge >= 0.3 is 0 Å². The molecule has 1 aliphatic rings. The van der Waals surface area contributed by atoms with E-state index in [-0.39, 0.29) is 11.7 Å². The number of aromatic amines is 1. The Morgan fingerprint density at radius 1 is 1.33 bits per heavy atom. The second-order valence-electron chi connectivity index (χ2n) is 6.48. The number of benzene rings is 1. The van der Waals surface area contributed by atoms with E-state index in [1.54, 1.807) is 13.3 Å². The van der Waals surface area contributed by atoms with E-state index in [0.29, 0.717) is 17.2 Å². The van der Waals surface area contributed by atoms with Crippen LogP contribution in [0.5, 0.6) is 5.75 Å². The fraction of sp³-hybridized carbons (Fsp3) is 0.316. The molecule has 140 valence electrons. The number of nitrogens with one attached hydrogen (secondary N) is 2. The molecule has 2 aromatic heterocycles. The minimum absolute atomic E-state index is 0.131. The molecule has 27 heavy (non-hydrogen) atoms. The predicted octanol–water partition coefficient (Wildman–Crippen LogP) is 2.32. The molecule has 3 aromatic rings. The van der Waals surface area contributed by atoms with Gasteiger partial charge in [-0.3, -0.25) is 4.79 Å². The van der Waals surface area contributed by atoms with Crippen LogP contribution in [-0.2, 0) is 4.74 Å². The van der Waals surface area contributed by atoms with Crippen LogP contribution in [0.2, 0.25) is 0 Å². The Morgan fingerprint density at radius 3 is 2.89 bits per heavy atom. The van der Waals surface area contributed by atoms with Gasteiger partial charge in [-0.2, -0.15) is 0 Å². The Balaban J connectivity index is 1.72. The zero-order valence-corrected chi connectivity index (χ0v) is 15.0. The molecule has 1 amide bonds. The lowest BCUT2D eigenvalue weighted by Gasteiger charge is -2.23. The Labute approximate surface area is 156 Å². The highest BCUT2D eigenvalue weighted by Gasteiger charge is 2.19. The van der Waals surface area contributed by atoms with Gasteiger partial charge in [-0.15, -0.1) is 0 Å². The molecular formula is C19H21N5O3. The Morgan fingerprint density at radius 2 is 2.15 bits per heavy atom. The van der Waals surface area contributed by atoms with Crippen molar-refractivity contribution in [2.75, 3.05) is 25.6 Å². The average Bonchev–Trinajstić information content (AvgIpc) is 3.11. The molecule has 4 N–H and O–H groups in total. The fourth-order valence-corrected chi connectivity index (χ4v) is 3.24. The van der Waals surface area contributed by atoms with E-state index in [4.69, 9.17) is 15.2 Å². The van der Waals surface area contributed by atoms with E-state index in [0.717, 1.165) is 42.7 Å². The number of aromatic nitrogens is 3. The lowest BCUT2D eigenvalue weighted by molar-refractivity contribution is 0.0904. The molecule has 0 aliphatic carbocycles. The van der Waals surface area contributed by atoms with Gasteiger partial charge in [0.25, 0.3) is 5.91 Å². The van der Waals surface area contributed by atoms with E-state index in [1.165, 1.54) is 0 Å². The number of nitrogens with zero attached hydrogens (tertiary/aromatic N) is 2. The van der Waals surface area contributed by atoms with E-state index >= 15 is 0 Å². The number of nitrogens with two attached hydrogens (primary N) is 1. The number of H-pyrrole nitrogens is 1. The lowest BCUT2D eigenvalue weighted by atomic mass is 10.1. The summed E-state index contributed by atoms with van der Waals surface area (Å²) in [6.07, 6.45) is 3.35. The minimum atomic E-state index is -0.619. The summed E-state index contributed by atoms with van der Waals surface area (Å²) in [5.74, 6) is 0.744. The summed E-state index contributed by atoms with van der Waals surface area (Å²) in [5.41, 5.74) is 7.65. The van der Waals surface area contributed by atoms with Crippen LogP contribution in [0.1, 0.15) is 23.3 Å². The molecule has 8 heteroatoms. The highest BCUT2D eigenvalue weighted by Crippen LogP contribution is 2.28. The summed E-state index contributed by atoms with van der Waals surface area (Å²) in [6, 6.07) is 7.88. The maximum absolute atomic E-state index is 11.9. The predicted molar refractivity (Wildman–Crippen MR) is 102 cm³/mol. The van der Waals surface area contributed by atoms with Crippen molar-refractivity contribution in [2.24, 2.45) is 5.73 Å². The van der Waals surface area contributed by atoms with Crippen LogP contribution >= 0.6 is 0 Å². The van der Waals surface area contributed by atoms with Gasteiger partial charge in [0, 0.05) is 30.2 Å². The molecule has 0 radical (unpaired) electrons. The number of hydrogen-bond acceptors (Lipinski definition) is 6. The summed E-state index contributed by atoms with van der Waals surface area (Å²) in [7, 11) is 1.62. The number of fused-ring (bicyclic) bond motifs is 1. The molecule has 1 aliphatic heterocycles. The molecule has 8 nitrogen and oxygen atoms in total. The van der Waals surface area contributed by atoms with Crippen LogP contribution in [-0.4, -0.2) is 47.2 Å². The Hall–Kier alpha value is -3.13. The van der Waals surface area contributed by atoms with Crippen molar-refractivity contribution in [3.8, 4) is 17.1 Å². The molecule has 0 spiro atoms. The van der Waals surface area contributed by atoms with Gasteiger partial charge in [-0.25, -0.2) is 9.97 Å². The minimum Gasteiger partial charge on any atom is -0.497 e. The maximum Gasteiger partial charge on any atom is 0.269 e. The van der Waals surface area contributed by atoms with Crippen LogP contribution in [0.3, 0.4) is 0 Å². The van der Waals surface area contributed by atoms with Crippen LogP contribution in [0.4, 0.5) is 5.82 Å². The standard InChI is InChI=1S/C19H21N5O3/c1-26-13-2-3-14-11(8-13)9-15(23-14)17-18(19(20)25)21-10-16(24-17)22-12-4-6-27-7-5-12/h2-3,8-10,12,23H,4-7H2,1H3,(H2,20,25)(H,22,24). The van der Waals surface area contributed by atoms with E-state index in [1.807, 2.05) is 24.3 Å². The number of carbonyl (C=O) groups excluding carboxylic acids is 1. The van der Waals surface area contributed by atoms with E-state index in [2.05, 4.69) is 20.3 Å². The van der Waals surface area contributed by atoms with Crippen molar-refractivity contribution in [2.45, 2.75) is 18.9 Å². The van der Waals surface area contributed by atoms with Crippen LogP contribution in [0.15, 0.2) is 30.5 Å². The monoisotopic (exact) mass is 367 g/mol. The smallest absolute Gasteiger partial charge is 0.269 e. The van der Waals surface area contributed by atoms with Gasteiger partial charge in [-0.1, -0.05) is 0 Å². The molecule has 3 heterocycles. The highest BCUT2D eigenvalue weighted by molar-refractivity contribution is 5.98.